The van der Waals surface area contributed by atoms with Crippen LogP contribution in [0.25, 0.3) is 0 Å². The number of amides is 1. The average molecular weight is 291 g/mol. The fourth-order valence-electron chi connectivity index (χ4n) is 2.94. The second kappa shape index (κ2) is 6.56. The number of hydrogen-bond donors (Lipinski definition) is 1. The number of carbonyl (C=O) groups excluding carboxylic acids is 1. The number of nitrogens with zero attached hydrogens (tertiary/aromatic N) is 2. The Morgan fingerprint density at radius 1 is 1.29 bits per heavy atom. The predicted octanol–water partition coefficient (Wildman–Crippen LogP) is 2.97. The van der Waals surface area contributed by atoms with Crippen LogP contribution in [0.3, 0.4) is 0 Å². The second-order valence-electron chi connectivity index (χ2n) is 5.56. The molecule has 1 aromatic rings. The van der Waals surface area contributed by atoms with Crippen molar-refractivity contribution in [2.45, 2.75) is 44.6 Å². The molecular formula is C15H21N3O3. The number of nitrogens with two attached hydrogens (primary N) is 1. The number of rotatable bonds is 3. The molecule has 1 fully saturated rings. The molecule has 21 heavy (non-hydrogen) atoms. The van der Waals surface area contributed by atoms with E-state index in [0.717, 1.165) is 25.7 Å². The van der Waals surface area contributed by atoms with Gasteiger partial charge in [0.25, 0.3) is 5.91 Å². The van der Waals surface area contributed by atoms with Gasteiger partial charge in [-0.15, -0.1) is 0 Å². The van der Waals surface area contributed by atoms with Gasteiger partial charge in [-0.2, -0.15) is 0 Å². The van der Waals surface area contributed by atoms with Crippen LogP contribution in [0.4, 0.5) is 11.4 Å². The van der Waals surface area contributed by atoms with Gasteiger partial charge in [-0.3, -0.25) is 14.9 Å². The molecule has 0 radical (unpaired) electrons. The van der Waals surface area contributed by atoms with Crippen molar-refractivity contribution in [3.63, 3.8) is 0 Å². The molecule has 0 heterocycles. The zero-order valence-corrected chi connectivity index (χ0v) is 12.2. The van der Waals surface area contributed by atoms with Crippen LogP contribution >= 0.6 is 0 Å². The number of nitro groups is 1. The summed E-state index contributed by atoms with van der Waals surface area (Å²) in [5.41, 5.74) is 5.47. The summed E-state index contributed by atoms with van der Waals surface area (Å²) >= 11 is 0. The van der Waals surface area contributed by atoms with Gasteiger partial charge < -0.3 is 10.6 Å². The minimum Gasteiger partial charge on any atom is -0.393 e. The van der Waals surface area contributed by atoms with Gasteiger partial charge in [0.15, 0.2) is 0 Å². The smallest absolute Gasteiger partial charge is 0.304 e. The third-order valence-corrected chi connectivity index (χ3v) is 4.17. The Morgan fingerprint density at radius 2 is 1.90 bits per heavy atom. The molecule has 1 saturated carbocycles. The molecule has 0 unspecified atom stereocenters. The highest BCUT2D eigenvalue weighted by molar-refractivity contribution is 6.00. The lowest BCUT2D eigenvalue weighted by Crippen LogP contribution is -2.37. The zero-order valence-electron chi connectivity index (χ0n) is 12.2. The lowest BCUT2D eigenvalue weighted by atomic mass is 10.0. The Hall–Kier alpha value is -2.11. The van der Waals surface area contributed by atoms with Gasteiger partial charge in [-0.25, -0.2) is 0 Å². The predicted molar refractivity (Wildman–Crippen MR) is 81.1 cm³/mol. The van der Waals surface area contributed by atoms with Crippen LogP contribution in [0.2, 0.25) is 0 Å². The molecule has 0 aliphatic heterocycles. The standard InChI is InChI=1S/C15H21N3O3/c1-17(11-7-4-2-3-5-8-11)15(19)12-9-6-10-13(16)14(12)18(20)21/h6,9-11H,2-5,7-8,16H2,1H3. The van der Waals surface area contributed by atoms with E-state index in [0.29, 0.717) is 0 Å². The quantitative estimate of drug-likeness (QED) is 0.401. The van der Waals surface area contributed by atoms with Crippen LogP contribution in [0.5, 0.6) is 0 Å². The monoisotopic (exact) mass is 291 g/mol. The van der Waals surface area contributed by atoms with E-state index in [1.54, 1.807) is 18.0 Å². The summed E-state index contributed by atoms with van der Waals surface area (Å²) in [4.78, 5) is 24.8. The van der Waals surface area contributed by atoms with E-state index in [4.69, 9.17) is 5.73 Å². The third-order valence-electron chi connectivity index (χ3n) is 4.17. The molecule has 6 heteroatoms. The van der Waals surface area contributed by atoms with E-state index < -0.39 is 4.92 Å². The molecule has 0 aromatic heterocycles. The molecule has 114 valence electrons. The van der Waals surface area contributed by atoms with Crippen molar-refractivity contribution in [2.75, 3.05) is 12.8 Å². The van der Waals surface area contributed by atoms with Gasteiger partial charge in [0.05, 0.1) is 4.92 Å². The third kappa shape index (κ3) is 3.32. The van der Waals surface area contributed by atoms with E-state index in [-0.39, 0.29) is 28.9 Å². The highest BCUT2D eigenvalue weighted by Gasteiger charge is 2.28. The van der Waals surface area contributed by atoms with E-state index in [2.05, 4.69) is 0 Å². The van der Waals surface area contributed by atoms with Gasteiger partial charge in [-0.1, -0.05) is 31.7 Å². The number of hydrogen-bond acceptors (Lipinski definition) is 4. The Morgan fingerprint density at radius 3 is 2.48 bits per heavy atom. The van der Waals surface area contributed by atoms with E-state index >= 15 is 0 Å². The first-order chi connectivity index (χ1) is 10.0. The second-order valence-corrected chi connectivity index (χ2v) is 5.56. The van der Waals surface area contributed by atoms with Crippen LogP contribution in [0.15, 0.2) is 18.2 Å². The summed E-state index contributed by atoms with van der Waals surface area (Å²) in [5, 5.41) is 11.2. The van der Waals surface area contributed by atoms with Crippen LogP contribution in [-0.4, -0.2) is 28.8 Å². The number of nitrogen functional groups attached to an aromatic ring is 1. The lowest BCUT2D eigenvalue weighted by Gasteiger charge is -2.27. The van der Waals surface area contributed by atoms with Crippen molar-refractivity contribution in [1.82, 2.24) is 4.90 Å². The molecule has 0 spiro atoms. The van der Waals surface area contributed by atoms with Crippen molar-refractivity contribution >= 4 is 17.3 Å². The van der Waals surface area contributed by atoms with Gasteiger partial charge in [-0.05, 0) is 25.0 Å². The number of carbonyl (C=O) groups is 1. The first kappa shape index (κ1) is 15.3. The maximum Gasteiger partial charge on any atom is 0.304 e. The summed E-state index contributed by atoms with van der Waals surface area (Å²) in [7, 11) is 1.73. The minimum absolute atomic E-state index is 0.0279. The Balaban J connectivity index is 2.27. The SMILES string of the molecule is CN(C(=O)c1cccc(N)c1[N+](=O)[O-])C1CCCCCC1. The maximum absolute atomic E-state index is 12.6. The summed E-state index contributed by atoms with van der Waals surface area (Å²) in [6.45, 7) is 0. The van der Waals surface area contributed by atoms with E-state index in [1.165, 1.54) is 25.0 Å². The molecule has 1 aromatic carbocycles. The molecule has 6 nitrogen and oxygen atoms in total. The normalized spacial score (nSPS) is 16.2. The first-order valence-corrected chi connectivity index (χ1v) is 7.32. The number of anilines is 1. The molecule has 1 amide bonds. The molecule has 0 bridgehead atoms. The summed E-state index contributed by atoms with van der Waals surface area (Å²) in [5.74, 6) is -0.319. The van der Waals surface area contributed by atoms with Gasteiger partial charge in [0, 0.05) is 13.1 Å². The van der Waals surface area contributed by atoms with E-state index in [9.17, 15) is 14.9 Å². The topological polar surface area (TPSA) is 89.5 Å². The average Bonchev–Trinajstić information content (AvgIpc) is 2.74. The Kier molecular flexibility index (Phi) is 4.77. The summed E-state index contributed by atoms with van der Waals surface area (Å²) in [6, 6.07) is 4.65. The molecule has 0 saturated heterocycles. The molecule has 0 atom stereocenters. The molecule has 2 N–H and O–H groups in total. The highest BCUT2D eigenvalue weighted by Crippen LogP contribution is 2.29. The summed E-state index contributed by atoms with van der Waals surface area (Å²) in [6.07, 6.45) is 6.49. The van der Waals surface area contributed by atoms with Crippen molar-refractivity contribution < 1.29 is 9.72 Å². The first-order valence-electron chi connectivity index (χ1n) is 7.32. The number of para-hydroxylation sites is 1. The molecular weight excluding hydrogens is 270 g/mol. The number of benzene rings is 1. The largest absolute Gasteiger partial charge is 0.393 e. The zero-order chi connectivity index (χ0) is 15.4. The molecule has 2 rings (SSSR count). The van der Waals surface area contributed by atoms with Crippen molar-refractivity contribution in [1.29, 1.82) is 0 Å². The fourth-order valence-corrected chi connectivity index (χ4v) is 2.94. The van der Waals surface area contributed by atoms with Crippen molar-refractivity contribution in [3.05, 3.63) is 33.9 Å². The van der Waals surface area contributed by atoms with Crippen molar-refractivity contribution in [2.24, 2.45) is 0 Å². The Bertz CT molecular complexity index is 537. The van der Waals surface area contributed by atoms with Crippen LogP contribution in [0, 0.1) is 10.1 Å². The van der Waals surface area contributed by atoms with Crippen molar-refractivity contribution in [3.8, 4) is 0 Å². The van der Waals surface area contributed by atoms with E-state index in [1.807, 2.05) is 0 Å². The van der Waals surface area contributed by atoms with Crippen LogP contribution in [-0.2, 0) is 0 Å². The number of nitro benzene ring substituents is 1. The molecule has 1 aliphatic rings. The Labute approximate surface area is 124 Å². The minimum atomic E-state index is -0.580. The fraction of sp³-hybridized carbons (Fsp3) is 0.533. The van der Waals surface area contributed by atoms with Crippen LogP contribution < -0.4 is 5.73 Å². The van der Waals surface area contributed by atoms with Gasteiger partial charge in [0.1, 0.15) is 11.3 Å². The van der Waals surface area contributed by atoms with Crippen LogP contribution in [0.1, 0.15) is 48.9 Å². The van der Waals surface area contributed by atoms with Gasteiger partial charge >= 0.3 is 5.69 Å². The lowest BCUT2D eigenvalue weighted by molar-refractivity contribution is -0.384. The highest BCUT2D eigenvalue weighted by atomic mass is 16.6. The summed E-state index contributed by atoms with van der Waals surface area (Å²) < 4.78 is 0. The van der Waals surface area contributed by atoms with Gasteiger partial charge in [0.2, 0.25) is 0 Å². The maximum atomic E-state index is 12.6. The molecule has 1 aliphatic carbocycles.